The fraction of sp³-hybridized carbons (Fsp3) is 0.455. The fourth-order valence-corrected chi connectivity index (χ4v) is 3.87. The first-order valence-electron chi connectivity index (χ1n) is 10.9. The maximum atomic E-state index is 14.5. The van der Waals surface area contributed by atoms with E-state index in [1.807, 2.05) is 0 Å². The molecule has 0 saturated carbocycles. The lowest BCUT2D eigenvalue weighted by molar-refractivity contribution is -0.145. The van der Waals surface area contributed by atoms with Gasteiger partial charge in [-0.1, -0.05) is 6.92 Å². The van der Waals surface area contributed by atoms with Crippen LogP contribution in [-0.4, -0.2) is 68.6 Å². The molecule has 2 atom stereocenters. The van der Waals surface area contributed by atoms with Gasteiger partial charge in [0, 0.05) is 50.5 Å². The number of rotatable bonds is 7. The van der Waals surface area contributed by atoms with Crippen LogP contribution in [0.25, 0.3) is 5.57 Å². The summed E-state index contributed by atoms with van der Waals surface area (Å²) in [6.07, 6.45) is -1.13. The molecule has 0 radical (unpaired) electrons. The Morgan fingerprint density at radius 3 is 2.53 bits per heavy atom. The number of piperidine rings is 1. The van der Waals surface area contributed by atoms with E-state index < -0.39 is 54.2 Å². The Kier molecular flexibility index (Phi) is 7.84. The highest BCUT2D eigenvalue weighted by Crippen LogP contribution is 2.35. The van der Waals surface area contributed by atoms with Crippen molar-refractivity contribution < 1.29 is 26.7 Å². The van der Waals surface area contributed by atoms with Crippen LogP contribution in [0.1, 0.15) is 30.4 Å². The lowest BCUT2D eigenvalue weighted by Gasteiger charge is -2.43. The molecule has 194 valence electrons. The summed E-state index contributed by atoms with van der Waals surface area (Å²) in [4.78, 5) is 29.8. The summed E-state index contributed by atoms with van der Waals surface area (Å²) in [5.41, 5.74) is -1.02. The van der Waals surface area contributed by atoms with Crippen LogP contribution in [0.5, 0.6) is 0 Å². The summed E-state index contributed by atoms with van der Waals surface area (Å²) in [7, 11) is 1.54. The molecule has 3 rings (SSSR count). The van der Waals surface area contributed by atoms with Gasteiger partial charge >= 0.3 is 6.18 Å². The number of aryl methyl sites for hydroxylation is 1. The molecule has 0 aliphatic carbocycles. The van der Waals surface area contributed by atoms with Gasteiger partial charge in [-0.3, -0.25) is 10.2 Å². The van der Waals surface area contributed by atoms with Crippen LogP contribution in [0.3, 0.4) is 0 Å². The van der Waals surface area contributed by atoms with Gasteiger partial charge in [0.2, 0.25) is 5.95 Å². The average molecular weight is 512 g/mol. The summed E-state index contributed by atoms with van der Waals surface area (Å²) >= 11 is 0. The molecule has 1 fully saturated rings. The number of amides is 1. The number of anilines is 1. The topological polar surface area (TPSA) is 120 Å². The van der Waals surface area contributed by atoms with Gasteiger partial charge in [-0.25, -0.2) is 28.7 Å². The van der Waals surface area contributed by atoms with Gasteiger partial charge in [-0.05, 0) is 18.9 Å². The molecule has 1 aliphatic rings. The molecule has 1 unspecified atom stereocenters. The van der Waals surface area contributed by atoms with Crippen molar-refractivity contribution in [3.05, 3.63) is 47.9 Å². The van der Waals surface area contributed by atoms with Crippen LogP contribution in [0.4, 0.5) is 27.9 Å². The Morgan fingerprint density at radius 1 is 1.28 bits per heavy atom. The van der Waals surface area contributed by atoms with Gasteiger partial charge < -0.3 is 15.5 Å². The van der Waals surface area contributed by atoms with Crippen molar-refractivity contribution in [2.45, 2.75) is 38.4 Å². The normalized spacial score (nSPS) is 20.1. The number of halogens is 5. The van der Waals surface area contributed by atoms with E-state index in [1.165, 1.54) is 19.3 Å². The Labute approximate surface area is 203 Å². The minimum atomic E-state index is -4.61. The lowest BCUT2D eigenvalue weighted by Crippen LogP contribution is -2.59. The molecule has 0 spiro atoms. The van der Waals surface area contributed by atoms with Crippen molar-refractivity contribution in [3.8, 4) is 0 Å². The highest BCUT2D eigenvalue weighted by molar-refractivity contribution is 6.54. The van der Waals surface area contributed by atoms with Crippen LogP contribution in [0.2, 0.25) is 0 Å². The van der Waals surface area contributed by atoms with Crippen molar-refractivity contribution >= 4 is 23.1 Å². The van der Waals surface area contributed by atoms with Crippen LogP contribution in [0, 0.1) is 18.3 Å². The molecule has 3 N–H and O–H groups in total. The third-order valence-corrected chi connectivity index (χ3v) is 5.60. The molecule has 2 aromatic heterocycles. The lowest BCUT2D eigenvalue weighted by atomic mass is 9.87. The van der Waals surface area contributed by atoms with E-state index in [1.54, 1.807) is 20.0 Å². The second-order valence-corrected chi connectivity index (χ2v) is 8.46. The first-order valence-corrected chi connectivity index (χ1v) is 10.9. The van der Waals surface area contributed by atoms with Gasteiger partial charge in [0.1, 0.15) is 5.71 Å². The molecular weight excluding hydrogens is 487 g/mol. The zero-order chi connectivity index (χ0) is 26.7. The zero-order valence-corrected chi connectivity index (χ0v) is 19.7. The smallest absolute Gasteiger partial charge is 0.393 e. The third-order valence-electron chi connectivity index (χ3n) is 5.60. The van der Waals surface area contributed by atoms with Crippen LogP contribution >= 0.6 is 0 Å². The number of aromatic nitrogens is 4. The average Bonchev–Trinajstić information content (AvgIpc) is 2.80. The van der Waals surface area contributed by atoms with Crippen molar-refractivity contribution in [2.75, 3.05) is 25.5 Å². The molecule has 36 heavy (non-hydrogen) atoms. The van der Waals surface area contributed by atoms with E-state index in [0.29, 0.717) is 18.1 Å². The van der Waals surface area contributed by atoms with Crippen molar-refractivity contribution in [1.82, 2.24) is 30.2 Å². The van der Waals surface area contributed by atoms with E-state index >= 15 is 0 Å². The third kappa shape index (κ3) is 6.29. The zero-order valence-electron chi connectivity index (χ0n) is 19.7. The maximum Gasteiger partial charge on any atom is 0.419 e. The molecule has 0 aromatic carbocycles. The minimum Gasteiger partial charge on any atom is -0.393 e. The molecule has 0 bridgehead atoms. The largest absolute Gasteiger partial charge is 0.419 e. The summed E-state index contributed by atoms with van der Waals surface area (Å²) in [6.45, 7) is 2.18. The van der Waals surface area contributed by atoms with Gasteiger partial charge in [0.25, 0.3) is 11.8 Å². The summed E-state index contributed by atoms with van der Waals surface area (Å²) in [5, 5.41) is 13.9. The first kappa shape index (κ1) is 26.9. The summed E-state index contributed by atoms with van der Waals surface area (Å²) in [5.74, 6) is -4.94. The number of nitrogens with zero attached hydrogens (tertiary/aromatic N) is 5. The van der Waals surface area contributed by atoms with E-state index in [9.17, 15) is 26.7 Å². The van der Waals surface area contributed by atoms with Crippen LogP contribution in [-0.2, 0) is 11.0 Å². The van der Waals surface area contributed by atoms with Gasteiger partial charge in [0.05, 0.1) is 23.7 Å². The minimum absolute atomic E-state index is 0.0190. The van der Waals surface area contributed by atoms with Crippen molar-refractivity contribution in [1.29, 1.82) is 5.41 Å². The van der Waals surface area contributed by atoms with Gasteiger partial charge in [0.15, 0.2) is 5.82 Å². The predicted molar refractivity (Wildman–Crippen MR) is 121 cm³/mol. The number of carbonyl (C=O) groups excluding carboxylic acids is 1. The highest BCUT2D eigenvalue weighted by atomic mass is 19.4. The number of alkyl halides is 5. The van der Waals surface area contributed by atoms with E-state index in [-0.39, 0.29) is 23.9 Å². The molecule has 3 heterocycles. The molecule has 1 amide bonds. The van der Waals surface area contributed by atoms with Gasteiger partial charge in [-0.2, -0.15) is 13.2 Å². The maximum absolute atomic E-state index is 14.5. The second kappa shape index (κ2) is 10.5. The van der Waals surface area contributed by atoms with E-state index in [2.05, 4.69) is 30.6 Å². The van der Waals surface area contributed by atoms with Crippen molar-refractivity contribution in [2.24, 2.45) is 5.92 Å². The van der Waals surface area contributed by atoms with Gasteiger partial charge in [-0.15, -0.1) is 0 Å². The summed E-state index contributed by atoms with van der Waals surface area (Å²) in [6, 6.07) is 0.807. The molecule has 2 aromatic rings. The Morgan fingerprint density at radius 2 is 1.94 bits per heavy atom. The number of nitrogens with one attached hydrogen (secondary N) is 3. The molecular formula is C22H25F5N8O. The molecule has 1 saturated heterocycles. The van der Waals surface area contributed by atoms with E-state index in [4.69, 9.17) is 5.41 Å². The predicted octanol–water partition coefficient (Wildman–Crippen LogP) is 3.16. The monoisotopic (exact) mass is 512 g/mol. The van der Waals surface area contributed by atoms with E-state index in [0.717, 1.165) is 4.90 Å². The summed E-state index contributed by atoms with van der Waals surface area (Å²) < 4.78 is 67.2. The molecule has 1 aliphatic heterocycles. The molecule has 14 heteroatoms. The van der Waals surface area contributed by atoms with Crippen molar-refractivity contribution in [3.63, 3.8) is 0 Å². The van der Waals surface area contributed by atoms with Crippen LogP contribution < -0.4 is 10.6 Å². The van der Waals surface area contributed by atoms with Crippen LogP contribution in [0.15, 0.2) is 30.9 Å². The number of hydrogen-bond donors (Lipinski definition) is 3. The highest BCUT2D eigenvalue weighted by Gasteiger charge is 2.47. The number of hydrogen-bond acceptors (Lipinski definition) is 8. The second-order valence-electron chi connectivity index (χ2n) is 8.46. The first-order chi connectivity index (χ1) is 16.8. The number of likely N-dealkylation sites (tertiary alicyclic amines) is 1. The standard InChI is InChI=1S/C22H25F5N8O/c1-12-6-21(23,24)11-35(16(12)10-33-20-31-7-14(8-32-20)22(25,26)27)19(36)17(28)15(9-29-3)18-30-5-4-13(2)34-18/h4-5,7-9,12,16,28-29H,6,10-11H2,1-3H3,(H,31,32,33)/b15-9+,28-17?/t12-,16?/m1/s1. The Balaban J connectivity index is 1.84. The quantitative estimate of drug-likeness (QED) is 0.385. The SMILES string of the molecule is CN/C=C(\C(=N)C(=O)N1CC(F)(F)C[C@@H](C)C1CNc1ncc(C(F)(F)F)cn1)c1nccc(C)n1. The Hall–Kier alpha value is -3.71. The molecule has 9 nitrogen and oxygen atoms in total. The Bertz CT molecular complexity index is 1140. The number of carbonyl (C=O) groups is 1. The fourth-order valence-electron chi connectivity index (χ4n) is 3.87.